The van der Waals surface area contributed by atoms with Gasteiger partial charge in [-0.05, 0) is 12.1 Å². The summed E-state index contributed by atoms with van der Waals surface area (Å²) in [5, 5.41) is 12.0. The normalized spacial score (nSPS) is 15.3. The van der Waals surface area contributed by atoms with Crippen LogP contribution in [0.2, 0.25) is 0 Å². The Morgan fingerprint density at radius 1 is 1.37 bits per heavy atom. The third kappa shape index (κ3) is 3.01. The summed E-state index contributed by atoms with van der Waals surface area (Å²) in [7, 11) is 3.44. The van der Waals surface area contributed by atoms with E-state index in [-0.39, 0.29) is 5.91 Å². The molecule has 2 rings (SSSR count). The first-order valence-corrected chi connectivity index (χ1v) is 6.24. The minimum atomic E-state index is -0.0487. The van der Waals surface area contributed by atoms with E-state index in [1.54, 1.807) is 26.4 Å². The third-order valence-corrected chi connectivity index (χ3v) is 3.21. The minimum Gasteiger partial charge on any atom is -0.411 e. The van der Waals surface area contributed by atoms with Gasteiger partial charge in [-0.1, -0.05) is 5.16 Å². The van der Waals surface area contributed by atoms with Gasteiger partial charge in [-0.2, -0.15) is 0 Å². The van der Waals surface area contributed by atoms with Crippen LogP contribution in [0.15, 0.2) is 23.5 Å². The van der Waals surface area contributed by atoms with Crippen LogP contribution in [-0.2, 0) is 0 Å². The summed E-state index contributed by atoms with van der Waals surface area (Å²) in [4.78, 5) is 19.7. The summed E-state index contributed by atoms with van der Waals surface area (Å²) in [6.45, 7) is 1.57. The number of piperidine rings is 1. The second kappa shape index (κ2) is 5.69. The molecule has 0 unspecified atom stereocenters. The number of anilines is 1. The fourth-order valence-corrected chi connectivity index (χ4v) is 2.05. The van der Waals surface area contributed by atoms with E-state index in [4.69, 9.17) is 5.21 Å². The molecule has 0 atom stereocenters. The van der Waals surface area contributed by atoms with Crippen LogP contribution in [0, 0.1) is 0 Å². The molecule has 19 heavy (non-hydrogen) atoms. The van der Waals surface area contributed by atoms with Crippen molar-refractivity contribution in [2.75, 3.05) is 32.1 Å². The van der Waals surface area contributed by atoms with Crippen molar-refractivity contribution in [3.8, 4) is 0 Å². The van der Waals surface area contributed by atoms with Gasteiger partial charge in [-0.3, -0.25) is 4.79 Å². The molecule has 0 bridgehead atoms. The van der Waals surface area contributed by atoms with Crippen molar-refractivity contribution in [1.82, 2.24) is 9.88 Å². The van der Waals surface area contributed by atoms with Crippen molar-refractivity contribution in [2.24, 2.45) is 5.16 Å². The highest BCUT2D eigenvalue weighted by Crippen LogP contribution is 2.17. The highest BCUT2D eigenvalue weighted by Gasteiger charge is 2.17. The van der Waals surface area contributed by atoms with Gasteiger partial charge in [-0.25, -0.2) is 4.98 Å². The molecule has 102 valence electrons. The molecule has 0 aliphatic carbocycles. The predicted octanol–water partition coefficient (Wildman–Crippen LogP) is 1.21. The molecule has 0 radical (unpaired) electrons. The molecule has 1 aromatic rings. The van der Waals surface area contributed by atoms with Crippen molar-refractivity contribution in [2.45, 2.75) is 12.8 Å². The number of carbonyl (C=O) groups is 1. The minimum absolute atomic E-state index is 0.0487. The first-order chi connectivity index (χ1) is 9.11. The molecule has 6 heteroatoms. The topological polar surface area (TPSA) is 69.0 Å². The zero-order valence-corrected chi connectivity index (χ0v) is 11.2. The maximum absolute atomic E-state index is 11.7. The standard InChI is InChI=1S/C13H18N4O2/c1-16(2)13(18)10-3-4-12(14-9-10)17-7-5-11(15-19)6-8-17/h3-4,9,19H,5-8H2,1-2H3. The lowest BCUT2D eigenvalue weighted by Crippen LogP contribution is -2.34. The first kappa shape index (κ1) is 13.3. The van der Waals surface area contributed by atoms with Crippen LogP contribution in [0.3, 0.4) is 0 Å². The fraction of sp³-hybridized carbons (Fsp3) is 0.462. The zero-order chi connectivity index (χ0) is 13.8. The molecule has 1 aliphatic rings. The SMILES string of the molecule is CN(C)C(=O)c1ccc(N2CCC(=NO)CC2)nc1. The van der Waals surface area contributed by atoms with E-state index < -0.39 is 0 Å². The van der Waals surface area contributed by atoms with E-state index in [1.807, 2.05) is 6.07 Å². The van der Waals surface area contributed by atoms with Crippen LogP contribution in [0.1, 0.15) is 23.2 Å². The Kier molecular flexibility index (Phi) is 3.99. The Balaban J connectivity index is 2.05. The van der Waals surface area contributed by atoms with Gasteiger partial charge in [0, 0.05) is 46.2 Å². The molecular formula is C13H18N4O2. The highest BCUT2D eigenvalue weighted by atomic mass is 16.4. The molecular weight excluding hydrogens is 244 g/mol. The van der Waals surface area contributed by atoms with Crippen molar-refractivity contribution in [1.29, 1.82) is 0 Å². The van der Waals surface area contributed by atoms with Crippen LogP contribution < -0.4 is 4.90 Å². The number of pyridine rings is 1. The second-order valence-electron chi connectivity index (χ2n) is 4.76. The number of amides is 1. The Bertz CT molecular complexity index is 472. The van der Waals surface area contributed by atoms with Crippen LogP contribution in [-0.4, -0.2) is 53.9 Å². The van der Waals surface area contributed by atoms with E-state index in [9.17, 15) is 4.79 Å². The van der Waals surface area contributed by atoms with Crippen LogP contribution >= 0.6 is 0 Å². The highest BCUT2D eigenvalue weighted by molar-refractivity contribution is 5.93. The van der Waals surface area contributed by atoms with E-state index in [0.29, 0.717) is 5.56 Å². The van der Waals surface area contributed by atoms with E-state index in [2.05, 4.69) is 15.0 Å². The van der Waals surface area contributed by atoms with Gasteiger partial charge in [0.1, 0.15) is 5.82 Å². The number of aromatic nitrogens is 1. The van der Waals surface area contributed by atoms with Gasteiger partial charge < -0.3 is 15.0 Å². The number of rotatable bonds is 2. The number of oxime groups is 1. The number of hydrogen-bond donors (Lipinski definition) is 1. The predicted molar refractivity (Wildman–Crippen MR) is 72.9 cm³/mol. The molecule has 2 heterocycles. The second-order valence-corrected chi connectivity index (χ2v) is 4.76. The fourth-order valence-electron chi connectivity index (χ4n) is 2.05. The number of nitrogens with zero attached hydrogens (tertiary/aromatic N) is 4. The summed E-state index contributed by atoms with van der Waals surface area (Å²) in [5.41, 5.74) is 1.42. The molecule has 0 saturated carbocycles. The third-order valence-electron chi connectivity index (χ3n) is 3.21. The van der Waals surface area contributed by atoms with Gasteiger partial charge in [-0.15, -0.1) is 0 Å². The summed E-state index contributed by atoms with van der Waals surface area (Å²) in [6, 6.07) is 3.65. The lowest BCUT2D eigenvalue weighted by atomic mass is 10.1. The maximum Gasteiger partial charge on any atom is 0.254 e. The monoisotopic (exact) mass is 262 g/mol. The molecule has 0 spiro atoms. The molecule has 6 nitrogen and oxygen atoms in total. The Morgan fingerprint density at radius 2 is 2.05 bits per heavy atom. The summed E-state index contributed by atoms with van der Waals surface area (Å²) in [6.07, 6.45) is 3.10. The van der Waals surface area contributed by atoms with Crippen molar-refractivity contribution in [3.05, 3.63) is 23.9 Å². The number of hydrogen-bond acceptors (Lipinski definition) is 5. The van der Waals surface area contributed by atoms with E-state index in [1.165, 1.54) is 4.90 Å². The van der Waals surface area contributed by atoms with Crippen molar-refractivity contribution >= 4 is 17.4 Å². The summed E-state index contributed by atoms with van der Waals surface area (Å²) < 4.78 is 0. The Morgan fingerprint density at radius 3 is 2.53 bits per heavy atom. The molecule has 1 amide bonds. The average molecular weight is 262 g/mol. The van der Waals surface area contributed by atoms with Crippen molar-refractivity contribution < 1.29 is 10.0 Å². The van der Waals surface area contributed by atoms with E-state index in [0.717, 1.165) is 37.5 Å². The molecule has 1 aliphatic heterocycles. The summed E-state index contributed by atoms with van der Waals surface area (Å²) in [5.74, 6) is 0.805. The molecule has 1 N–H and O–H groups in total. The van der Waals surface area contributed by atoms with Gasteiger partial charge in [0.2, 0.25) is 0 Å². The van der Waals surface area contributed by atoms with Crippen LogP contribution in [0.4, 0.5) is 5.82 Å². The quantitative estimate of drug-likeness (QED) is 0.642. The van der Waals surface area contributed by atoms with E-state index >= 15 is 0 Å². The van der Waals surface area contributed by atoms with Gasteiger partial charge in [0.25, 0.3) is 5.91 Å². The molecule has 1 aromatic heterocycles. The molecule has 1 saturated heterocycles. The van der Waals surface area contributed by atoms with Crippen LogP contribution in [0.25, 0.3) is 0 Å². The largest absolute Gasteiger partial charge is 0.411 e. The Hall–Kier alpha value is -2.11. The number of carbonyl (C=O) groups excluding carboxylic acids is 1. The van der Waals surface area contributed by atoms with Gasteiger partial charge >= 0.3 is 0 Å². The van der Waals surface area contributed by atoms with Crippen molar-refractivity contribution in [3.63, 3.8) is 0 Å². The maximum atomic E-state index is 11.7. The van der Waals surface area contributed by atoms with Gasteiger partial charge in [0.05, 0.1) is 11.3 Å². The zero-order valence-electron chi connectivity index (χ0n) is 11.2. The first-order valence-electron chi connectivity index (χ1n) is 6.24. The van der Waals surface area contributed by atoms with Crippen LogP contribution in [0.5, 0.6) is 0 Å². The Labute approximate surface area is 112 Å². The summed E-state index contributed by atoms with van der Waals surface area (Å²) >= 11 is 0. The lowest BCUT2D eigenvalue weighted by molar-refractivity contribution is 0.0827. The smallest absolute Gasteiger partial charge is 0.254 e. The average Bonchev–Trinajstić information content (AvgIpc) is 2.46. The van der Waals surface area contributed by atoms with Gasteiger partial charge in [0.15, 0.2) is 0 Å². The molecule has 1 fully saturated rings. The molecule has 0 aromatic carbocycles. The lowest BCUT2D eigenvalue weighted by Gasteiger charge is -2.28.